The molecule has 0 saturated carbocycles. The number of hydrogen-bond donors (Lipinski definition) is 0. The van der Waals surface area contributed by atoms with Crippen LogP contribution in [-0.4, -0.2) is 9.97 Å². The van der Waals surface area contributed by atoms with Crippen LogP contribution in [0.5, 0.6) is 11.5 Å². The van der Waals surface area contributed by atoms with Crippen LogP contribution in [-0.2, 0) is 5.41 Å². The van der Waals surface area contributed by atoms with E-state index < -0.39 is 5.41 Å². The van der Waals surface area contributed by atoms with Gasteiger partial charge in [-0.1, -0.05) is 146 Å². The van der Waals surface area contributed by atoms with Gasteiger partial charge in [-0.25, -0.2) is 9.97 Å². The highest BCUT2D eigenvalue weighted by molar-refractivity contribution is 7.26. The summed E-state index contributed by atoms with van der Waals surface area (Å²) in [5.41, 5.74) is 13.3. The van der Waals surface area contributed by atoms with E-state index in [1.165, 1.54) is 60.0 Å². The maximum Gasteiger partial charge on any atom is 0.160 e. The minimum atomic E-state index is -0.499. The predicted molar refractivity (Wildman–Crippen MR) is 226 cm³/mol. The lowest BCUT2D eigenvalue weighted by Crippen LogP contribution is -2.32. The first-order valence-electron chi connectivity index (χ1n) is 18.7. The van der Waals surface area contributed by atoms with Crippen molar-refractivity contribution in [3.63, 3.8) is 0 Å². The Morgan fingerprint density at radius 2 is 1.07 bits per heavy atom. The Morgan fingerprint density at radius 1 is 0.436 bits per heavy atom. The molecule has 12 rings (SSSR count). The molecule has 256 valence electrons. The summed E-state index contributed by atoms with van der Waals surface area (Å²) in [7, 11) is 0. The lowest BCUT2D eigenvalue weighted by atomic mass is 9.66. The summed E-state index contributed by atoms with van der Waals surface area (Å²) in [5, 5.41) is 3.54. The summed E-state index contributed by atoms with van der Waals surface area (Å²) >= 11 is 1.77. The molecule has 1 aliphatic carbocycles. The van der Waals surface area contributed by atoms with Crippen molar-refractivity contribution in [2.75, 3.05) is 0 Å². The summed E-state index contributed by atoms with van der Waals surface area (Å²) in [6.45, 7) is 0. The van der Waals surface area contributed by atoms with Crippen molar-refractivity contribution < 1.29 is 4.74 Å². The minimum Gasteiger partial charge on any atom is -0.457 e. The number of nitrogens with zero attached hydrogens (tertiary/aromatic N) is 2. The zero-order chi connectivity index (χ0) is 36.1. The molecule has 10 aromatic rings. The Morgan fingerprint density at radius 3 is 1.89 bits per heavy atom. The van der Waals surface area contributed by atoms with Crippen LogP contribution < -0.4 is 4.74 Å². The van der Waals surface area contributed by atoms with Crippen molar-refractivity contribution in [1.29, 1.82) is 0 Å². The van der Waals surface area contributed by atoms with E-state index in [0.29, 0.717) is 0 Å². The van der Waals surface area contributed by atoms with Gasteiger partial charge >= 0.3 is 0 Å². The first-order chi connectivity index (χ1) is 27.3. The highest BCUT2D eigenvalue weighted by Gasteiger charge is 2.50. The summed E-state index contributed by atoms with van der Waals surface area (Å²) in [6.07, 6.45) is 0. The largest absolute Gasteiger partial charge is 0.457 e. The van der Waals surface area contributed by atoms with Gasteiger partial charge in [0.15, 0.2) is 5.82 Å². The van der Waals surface area contributed by atoms with E-state index >= 15 is 0 Å². The number of hydrogen-bond acceptors (Lipinski definition) is 4. The number of ether oxygens (including phenoxy) is 1. The second kappa shape index (κ2) is 11.6. The average molecular weight is 719 g/mol. The Kier molecular flexibility index (Phi) is 6.42. The third-order valence-corrected chi connectivity index (χ3v) is 12.7. The molecule has 0 unspecified atom stereocenters. The second-order valence-corrected chi connectivity index (χ2v) is 15.5. The normalized spacial score (nSPS) is 13.4. The monoisotopic (exact) mass is 718 g/mol. The van der Waals surface area contributed by atoms with Crippen LogP contribution in [0.3, 0.4) is 0 Å². The SMILES string of the molecule is c1ccc(-c2nc(-c3cc(-c4ccc5c(c4)-c4ccccc4C54c5ccccc5Oc5ccccc54)c4ccccc4c3)c3sc4ccccc4c3n2)cc1. The fourth-order valence-electron chi connectivity index (χ4n) is 9.22. The smallest absolute Gasteiger partial charge is 0.160 e. The van der Waals surface area contributed by atoms with Crippen molar-refractivity contribution in [3.05, 3.63) is 204 Å². The first-order valence-corrected chi connectivity index (χ1v) is 19.5. The lowest BCUT2D eigenvalue weighted by Gasteiger charge is -2.39. The van der Waals surface area contributed by atoms with Gasteiger partial charge in [-0.05, 0) is 80.6 Å². The van der Waals surface area contributed by atoms with E-state index in [9.17, 15) is 0 Å². The molecule has 0 atom stereocenters. The molecule has 4 heteroatoms. The Hall–Kier alpha value is -6.88. The first kappa shape index (κ1) is 30.6. The highest BCUT2D eigenvalue weighted by atomic mass is 32.1. The second-order valence-electron chi connectivity index (χ2n) is 14.4. The maximum atomic E-state index is 6.57. The molecular weight excluding hydrogens is 689 g/mol. The zero-order valence-electron chi connectivity index (χ0n) is 29.5. The quantitative estimate of drug-likeness (QED) is 0.182. The fourth-order valence-corrected chi connectivity index (χ4v) is 10.4. The van der Waals surface area contributed by atoms with Crippen molar-refractivity contribution in [3.8, 4) is 56.4 Å². The van der Waals surface area contributed by atoms with Gasteiger partial charge in [0, 0.05) is 32.3 Å². The molecule has 2 aliphatic rings. The number of thiophene rings is 1. The van der Waals surface area contributed by atoms with Crippen LogP contribution in [0.4, 0.5) is 0 Å². The number of para-hydroxylation sites is 2. The van der Waals surface area contributed by atoms with Crippen LogP contribution in [0.15, 0.2) is 182 Å². The van der Waals surface area contributed by atoms with E-state index in [1.54, 1.807) is 11.3 Å². The van der Waals surface area contributed by atoms with Crippen LogP contribution in [0, 0.1) is 0 Å². The molecule has 1 aliphatic heterocycles. The molecule has 0 N–H and O–H groups in total. The molecule has 0 amide bonds. The summed E-state index contributed by atoms with van der Waals surface area (Å²) in [5.74, 6) is 2.54. The molecule has 0 fully saturated rings. The molecule has 55 heavy (non-hydrogen) atoms. The third-order valence-electron chi connectivity index (χ3n) is 11.5. The standard InChI is InChI=1S/C51H30N2OS/c1-2-14-31(15-3-1)50-52-47(49-48(53-50)37-19-7-13-25-46(37)55-49)34-28-32-16-4-5-17-35(32)38(30-34)33-26-27-41-39(29-33)36-18-6-8-20-40(36)51(41)42-21-9-11-23-44(42)54-45-24-12-10-22-43(45)51/h1-30H. The van der Waals surface area contributed by atoms with Gasteiger partial charge < -0.3 is 4.74 Å². The summed E-state index contributed by atoms with van der Waals surface area (Å²) in [6, 6.07) is 65.4. The van der Waals surface area contributed by atoms with Crippen molar-refractivity contribution in [2.45, 2.75) is 5.41 Å². The maximum absolute atomic E-state index is 6.57. The van der Waals surface area contributed by atoms with Crippen LogP contribution in [0.25, 0.3) is 76.0 Å². The molecular formula is C51H30N2OS. The Balaban J connectivity index is 1.12. The predicted octanol–water partition coefficient (Wildman–Crippen LogP) is 13.5. The van der Waals surface area contributed by atoms with Gasteiger partial charge in [-0.2, -0.15) is 0 Å². The van der Waals surface area contributed by atoms with Gasteiger partial charge in [0.1, 0.15) is 11.5 Å². The third kappa shape index (κ3) is 4.31. The highest BCUT2D eigenvalue weighted by Crippen LogP contribution is 2.62. The Bertz CT molecular complexity index is 3150. The van der Waals surface area contributed by atoms with E-state index in [0.717, 1.165) is 49.7 Å². The molecule has 0 saturated heterocycles. The molecule has 1 spiro atoms. The number of benzene rings is 8. The van der Waals surface area contributed by atoms with Crippen LogP contribution in [0.1, 0.15) is 22.3 Å². The van der Waals surface area contributed by atoms with Gasteiger partial charge in [-0.15, -0.1) is 11.3 Å². The Labute approximate surface area is 321 Å². The number of fused-ring (bicyclic) bond motifs is 13. The van der Waals surface area contributed by atoms with Crippen molar-refractivity contribution in [1.82, 2.24) is 9.97 Å². The molecule has 0 bridgehead atoms. The molecule has 2 aromatic heterocycles. The summed E-state index contributed by atoms with van der Waals surface area (Å²) in [4.78, 5) is 10.5. The molecule has 8 aromatic carbocycles. The van der Waals surface area contributed by atoms with E-state index in [-0.39, 0.29) is 0 Å². The van der Waals surface area contributed by atoms with Gasteiger partial charge in [0.05, 0.1) is 21.3 Å². The van der Waals surface area contributed by atoms with E-state index in [2.05, 4.69) is 176 Å². The topological polar surface area (TPSA) is 35.0 Å². The average Bonchev–Trinajstić information content (AvgIpc) is 3.77. The number of aromatic nitrogens is 2. The van der Waals surface area contributed by atoms with Crippen molar-refractivity contribution >= 4 is 42.4 Å². The lowest BCUT2D eigenvalue weighted by molar-refractivity contribution is 0.436. The number of rotatable bonds is 3. The van der Waals surface area contributed by atoms with E-state index in [1.807, 2.05) is 6.07 Å². The van der Waals surface area contributed by atoms with Crippen LogP contribution in [0.2, 0.25) is 0 Å². The zero-order valence-corrected chi connectivity index (χ0v) is 30.3. The fraction of sp³-hybridized carbons (Fsp3) is 0.0196. The molecule has 3 nitrogen and oxygen atoms in total. The van der Waals surface area contributed by atoms with E-state index in [4.69, 9.17) is 14.7 Å². The minimum absolute atomic E-state index is 0.499. The van der Waals surface area contributed by atoms with Crippen LogP contribution >= 0.6 is 11.3 Å². The van der Waals surface area contributed by atoms with Gasteiger partial charge in [0.25, 0.3) is 0 Å². The van der Waals surface area contributed by atoms with Gasteiger partial charge in [-0.3, -0.25) is 0 Å². The molecule has 0 radical (unpaired) electrons. The van der Waals surface area contributed by atoms with Gasteiger partial charge in [0.2, 0.25) is 0 Å². The summed E-state index contributed by atoms with van der Waals surface area (Å²) < 4.78 is 8.88. The van der Waals surface area contributed by atoms with Crippen molar-refractivity contribution in [2.24, 2.45) is 0 Å². The molecule has 3 heterocycles.